The van der Waals surface area contributed by atoms with Crippen molar-refractivity contribution in [1.29, 1.82) is 0 Å². The third-order valence-electron chi connectivity index (χ3n) is 5.35. The molecular weight excluding hydrogens is 470 g/mol. The van der Waals surface area contributed by atoms with E-state index in [9.17, 15) is 29.4 Å². The van der Waals surface area contributed by atoms with Crippen LogP contribution in [0.5, 0.6) is 0 Å². The summed E-state index contributed by atoms with van der Waals surface area (Å²) in [6, 6.07) is 0. The van der Waals surface area contributed by atoms with E-state index in [0.29, 0.717) is 12.8 Å². The second-order valence-electron chi connectivity index (χ2n) is 7.97. The van der Waals surface area contributed by atoms with Gasteiger partial charge in [0.15, 0.2) is 18.4 Å². The molecule has 1 aromatic rings. The molecule has 1 aliphatic carbocycles. The first-order valence-electron chi connectivity index (χ1n) is 10.7. The molecule has 4 atom stereocenters. The van der Waals surface area contributed by atoms with Crippen molar-refractivity contribution in [2.75, 3.05) is 13.7 Å². The molecule has 1 saturated carbocycles. The van der Waals surface area contributed by atoms with E-state index < -0.39 is 66.6 Å². The summed E-state index contributed by atoms with van der Waals surface area (Å²) in [5.41, 5.74) is -1.25. The SMILES string of the molecule is COC(=O)c1nc(C#CC2(O)CCCC2)n(C2OC(COC(C)=O)[C@H](OC(=O)O)[C@@H]2OC(C)=O)n1. The Morgan fingerprint density at radius 3 is 2.40 bits per heavy atom. The molecule has 2 N–H and O–H groups in total. The minimum atomic E-state index is -1.69. The van der Waals surface area contributed by atoms with Crippen LogP contribution in [0.15, 0.2) is 0 Å². The lowest BCUT2D eigenvalue weighted by atomic mass is 10.0. The van der Waals surface area contributed by atoms with Gasteiger partial charge < -0.3 is 33.9 Å². The number of carbonyl (C=O) groups is 4. The van der Waals surface area contributed by atoms with Gasteiger partial charge in [-0.2, -0.15) is 4.98 Å². The topological polar surface area (TPSA) is 186 Å². The fourth-order valence-electron chi connectivity index (χ4n) is 3.84. The lowest BCUT2D eigenvalue weighted by Gasteiger charge is -2.22. The maximum absolute atomic E-state index is 12.1. The van der Waals surface area contributed by atoms with Gasteiger partial charge in [0.2, 0.25) is 5.82 Å². The van der Waals surface area contributed by atoms with E-state index in [1.54, 1.807) is 0 Å². The molecule has 14 nitrogen and oxygen atoms in total. The normalized spacial score (nSPS) is 24.7. The molecule has 3 rings (SSSR count). The highest BCUT2D eigenvalue weighted by molar-refractivity contribution is 5.85. The molecule has 0 spiro atoms. The Hall–Kier alpha value is -3.70. The zero-order chi connectivity index (χ0) is 25.8. The Bertz CT molecular complexity index is 1050. The number of aliphatic hydroxyl groups is 1. The molecule has 0 bridgehead atoms. The number of hydrogen-bond donors (Lipinski definition) is 2. The zero-order valence-electron chi connectivity index (χ0n) is 19.3. The summed E-state index contributed by atoms with van der Waals surface area (Å²) in [5.74, 6) is 2.51. The van der Waals surface area contributed by atoms with Gasteiger partial charge in [0, 0.05) is 13.8 Å². The van der Waals surface area contributed by atoms with Crippen LogP contribution in [0, 0.1) is 11.8 Å². The molecule has 190 valence electrons. The van der Waals surface area contributed by atoms with E-state index in [4.69, 9.17) is 18.9 Å². The smallest absolute Gasteiger partial charge is 0.463 e. The van der Waals surface area contributed by atoms with Crippen molar-refractivity contribution in [2.24, 2.45) is 0 Å². The van der Waals surface area contributed by atoms with Crippen molar-refractivity contribution in [1.82, 2.24) is 14.8 Å². The van der Waals surface area contributed by atoms with Gasteiger partial charge in [-0.3, -0.25) is 9.59 Å². The summed E-state index contributed by atoms with van der Waals surface area (Å²) in [7, 11) is 1.12. The van der Waals surface area contributed by atoms with Crippen molar-refractivity contribution in [3.8, 4) is 11.8 Å². The molecule has 35 heavy (non-hydrogen) atoms. The monoisotopic (exact) mass is 495 g/mol. The third kappa shape index (κ3) is 6.25. The number of rotatable bonds is 6. The quantitative estimate of drug-likeness (QED) is 0.309. The van der Waals surface area contributed by atoms with E-state index in [0.717, 1.165) is 38.5 Å². The Balaban J connectivity index is 2.06. The first-order chi connectivity index (χ1) is 16.5. The van der Waals surface area contributed by atoms with Crippen molar-refractivity contribution in [2.45, 2.75) is 69.7 Å². The van der Waals surface area contributed by atoms with Crippen LogP contribution in [-0.2, 0) is 33.3 Å². The van der Waals surface area contributed by atoms with Gasteiger partial charge in [-0.25, -0.2) is 14.3 Å². The number of nitrogens with zero attached hydrogens (tertiary/aromatic N) is 3. The average Bonchev–Trinajstić information content (AvgIpc) is 3.48. The third-order valence-corrected chi connectivity index (χ3v) is 5.35. The molecule has 0 amide bonds. The largest absolute Gasteiger partial charge is 0.506 e. The highest BCUT2D eigenvalue weighted by Crippen LogP contribution is 2.35. The van der Waals surface area contributed by atoms with Gasteiger partial charge in [-0.15, -0.1) is 5.10 Å². The Morgan fingerprint density at radius 1 is 1.14 bits per heavy atom. The second-order valence-corrected chi connectivity index (χ2v) is 7.97. The minimum absolute atomic E-state index is 0.143. The average molecular weight is 495 g/mol. The first-order valence-corrected chi connectivity index (χ1v) is 10.7. The van der Waals surface area contributed by atoms with Crippen LogP contribution in [0.3, 0.4) is 0 Å². The van der Waals surface area contributed by atoms with Gasteiger partial charge in [0.05, 0.1) is 7.11 Å². The van der Waals surface area contributed by atoms with Crippen LogP contribution in [-0.4, -0.2) is 86.7 Å². The number of ether oxygens (including phenoxy) is 5. The maximum atomic E-state index is 12.1. The molecule has 14 heteroatoms. The summed E-state index contributed by atoms with van der Waals surface area (Å²) < 4.78 is 26.6. The van der Waals surface area contributed by atoms with Crippen LogP contribution in [0.1, 0.15) is 62.2 Å². The number of methoxy groups -OCH3 is 1. The predicted octanol–water partition coefficient (Wildman–Crippen LogP) is 0.177. The number of carboxylic acid groups (broad SMARTS) is 1. The first kappa shape index (κ1) is 25.9. The number of carbonyl (C=O) groups excluding carboxylic acids is 3. The molecule has 1 saturated heterocycles. The lowest BCUT2D eigenvalue weighted by Crippen LogP contribution is -2.41. The number of esters is 3. The molecule has 2 fully saturated rings. The Morgan fingerprint density at radius 2 is 1.83 bits per heavy atom. The van der Waals surface area contributed by atoms with Crippen LogP contribution in [0.25, 0.3) is 0 Å². The summed E-state index contributed by atoms with van der Waals surface area (Å²) in [5, 5.41) is 23.8. The molecule has 0 radical (unpaired) electrons. The predicted molar refractivity (Wildman–Crippen MR) is 111 cm³/mol. The second kappa shape index (κ2) is 10.7. The highest BCUT2D eigenvalue weighted by atomic mass is 16.7. The van der Waals surface area contributed by atoms with E-state index in [-0.39, 0.29) is 5.82 Å². The molecule has 0 aromatic carbocycles. The minimum Gasteiger partial charge on any atom is -0.463 e. The van der Waals surface area contributed by atoms with Gasteiger partial charge in [-0.05, 0) is 31.6 Å². The standard InChI is InChI=1S/C21H25N3O11/c1-11(25)32-10-13-15(35-20(28)29)16(33-12(2)26)18(34-13)24-14(22-17(23-24)19(27)31-3)6-9-21(30)7-4-5-8-21/h13,15-16,18,30H,4-5,7-8,10H2,1-3H3,(H,28,29)/t13?,15-,16-,18?/m0/s1. The van der Waals surface area contributed by atoms with Gasteiger partial charge in [0.25, 0.3) is 5.82 Å². The summed E-state index contributed by atoms with van der Waals surface area (Å²) in [6.45, 7) is 1.80. The van der Waals surface area contributed by atoms with E-state index in [1.807, 2.05) is 0 Å². The Labute approximate surface area is 199 Å². The van der Waals surface area contributed by atoms with Crippen molar-refractivity contribution < 1.29 is 53.1 Å². The lowest BCUT2D eigenvalue weighted by molar-refractivity contribution is -0.157. The molecule has 1 aromatic heterocycles. The fraction of sp³-hybridized carbons (Fsp3) is 0.619. The van der Waals surface area contributed by atoms with Crippen LogP contribution in [0.2, 0.25) is 0 Å². The Kier molecular flexibility index (Phi) is 7.92. The summed E-state index contributed by atoms with van der Waals surface area (Å²) >= 11 is 0. The van der Waals surface area contributed by atoms with Gasteiger partial charge >= 0.3 is 24.1 Å². The molecule has 2 aliphatic rings. The van der Waals surface area contributed by atoms with Crippen molar-refractivity contribution >= 4 is 24.1 Å². The summed E-state index contributed by atoms with van der Waals surface area (Å²) in [4.78, 5) is 50.6. The molecule has 2 unspecified atom stereocenters. The molecule has 1 aliphatic heterocycles. The maximum Gasteiger partial charge on any atom is 0.506 e. The highest BCUT2D eigenvalue weighted by Gasteiger charge is 2.52. The van der Waals surface area contributed by atoms with E-state index in [1.165, 1.54) is 0 Å². The molecule has 2 heterocycles. The van der Waals surface area contributed by atoms with Crippen molar-refractivity contribution in [3.05, 3.63) is 11.6 Å². The number of hydrogen-bond acceptors (Lipinski definition) is 12. The number of aromatic nitrogens is 3. The van der Waals surface area contributed by atoms with Crippen molar-refractivity contribution in [3.63, 3.8) is 0 Å². The van der Waals surface area contributed by atoms with Crippen LogP contribution < -0.4 is 0 Å². The summed E-state index contributed by atoms with van der Waals surface area (Å²) in [6.07, 6.45) is -4.62. The molecular formula is C21H25N3O11. The fourth-order valence-corrected chi connectivity index (χ4v) is 3.84. The van der Waals surface area contributed by atoms with E-state index >= 15 is 0 Å². The van der Waals surface area contributed by atoms with E-state index in [2.05, 4.69) is 26.7 Å². The van der Waals surface area contributed by atoms with Gasteiger partial charge in [-0.1, -0.05) is 5.92 Å². The van der Waals surface area contributed by atoms with Crippen LogP contribution >= 0.6 is 0 Å². The van der Waals surface area contributed by atoms with Crippen LogP contribution in [0.4, 0.5) is 4.79 Å². The van der Waals surface area contributed by atoms with Gasteiger partial charge in [0.1, 0.15) is 18.3 Å². The zero-order valence-corrected chi connectivity index (χ0v) is 19.3.